The molecule has 0 aliphatic carbocycles. The lowest BCUT2D eigenvalue weighted by Gasteiger charge is -2.18. The van der Waals surface area contributed by atoms with E-state index < -0.39 is 0 Å². The molecule has 1 heteroatoms. The second kappa shape index (κ2) is 11.3. The number of aromatic nitrogens is 1. The van der Waals surface area contributed by atoms with E-state index in [9.17, 15) is 0 Å². The lowest BCUT2D eigenvalue weighted by molar-refractivity contribution is 1.18. The minimum atomic E-state index is 1.16. The number of nitrogens with zero attached hydrogens (tertiary/aromatic N) is 1. The second-order valence-corrected chi connectivity index (χ2v) is 13.4. The van der Waals surface area contributed by atoms with Gasteiger partial charge in [0.15, 0.2) is 0 Å². The molecule has 0 fully saturated rings. The molecule has 0 aliphatic rings. The van der Waals surface area contributed by atoms with Gasteiger partial charge in [0, 0.05) is 16.5 Å². The first-order valence-electron chi connectivity index (χ1n) is 17.4. The molecular weight excluding hydrogens is 603 g/mol. The molecule has 0 bridgehead atoms. The highest BCUT2D eigenvalue weighted by atomic mass is 15.0. The van der Waals surface area contributed by atoms with Crippen LogP contribution in [0.1, 0.15) is 5.56 Å². The van der Waals surface area contributed by atoms with Gasteiger partial charge in [-0.15, -0.1) is 0 Å². The van der Waals surface area contributed by atoms with Gasteiger partial charge >= 0.3 is 0 Å². The fraction of sp³-hybridized carbons (Fsp3) is 0.0204. The van der Waals surface area contributed by atoms with Crippen LogP contribution in [-0.4, -0.2) is 4.57 Å². The van der Waals surface area contributed by atoms with E-state index >= 15 is 0 Å². The minimum absolute atomic E-state index is 1.16. The van der Waals surface area contributed by atoms with Gasteiger partial charge in [-0.3, -0.25) is 0 Å². The van der Waals surface area contributed by atoms with Crippen molar-refractivity contribution < 1.29 is 0 Å². The molecule has 50 heavy (non-hydrogen) atoms. The summed E-state index contributed by atoms with van der Waals surface area (Å²) in [5.74, 6) is 0. The van der Waals surface area contributed by atoms with Gasteiger partial charge in [0.2, 0.25) is 0 Å². The normalized spacial score (nSPS) is 11.7. The molecule has 0 amide bonds. The van der Waals surface area contributed by atoms with Gasteiger partial charge in [0.1, 0.15) is 0 Å². The first-order chi connectivity index (χ1) is 24.7. The fourth-order valence-electron chi connectivity index (χ4n) is 8.14. The number of benzene rings is 9. The number of rotatable bonds is 4. The maximum atomic E-state index is 2.41. The lowest BCUT2D eigenvalue weighted by atomic mass is 9.86. The average molecular weight is 636 g/mol. The summed E-state index contributed by atoms with van der Waals surface area (Å²) in [5, 5.41) is 10.2. The Morgan fingerprint density at radius 3 is 1.46 bits per heavy atom. The van der Waals surface area contributed by atoms with Crippen molar-refractivity contribution in [1.29, 1.82) is 0 Å². The average Bonchev–Trinajstić information content (AvgIpc) is 3.51. The number of aryl methyl sites for hydroxylation is 1. The summed E-state index contributed by atoms with van der Waals surface area (Å²) in [6, 6.07) is 66.9. The SMILES string of the molecule is Cc1ccc(-c2c3ccccc3c(-c3ccc(-n4c5ccccc5c5cc(-c6cccc7ccccc67)ccc54)cc3)c3ccccc23)cc1. The van der Waals surface area contributed by atoms with Crippen LogP contribution in [0.3, 0.4) is 0 Å². The third kappa shape index (κ3) is 4.41. The van der Waals surface area contributed by atoms with E-state index in [4.69, 9.17) is 0 Å². The third-order valence-electron chi connectivity index (χ3n) is 10.5. The van der Waals surface area contributed by atoms with E-state index in [1.807, 2.05) is 0 Å². The van der Waals surface area contributed by atoms with Crippen LogP contribution in [0.15, 0.2) is 182 Å². The van der Waals surface area contributed by atoms with Gasteiger partial charge in [-0.25, -0.2) is 0 Å². The second-order valence-electron chi connectivity index (χ2n) is 13.4. The van der Waals surface area contributed by atoms with Crippen LogP contribution in [0.4, 0.5) is 0 Å². The maximum Gasteiger partial charge on any atom is 0.0541 e. The molecule has 1 aromatic heterocycles. The Kier molecular flexibility index (Phi) is 6.47. The number of fused-ring (bicyclic) bond motifs is 6. The zero-order chi connectivity index (χ0) is 33.2. The molecule has 1 heterocycles. The van der Waals surface area contributed by atoms with Gasteiger partial charge in [0.05, 0.1) is 11.0 Å². The van der Waals surface area contributed by atoms with Crippen LogP contribution in [0.25, 0.3) is 93.2 Å². The summed E-state index contributed by atoms with van der Waals surface area (Å²) in [7, 11) is 0. The van der Waals surface area contributed by atoms with E-state index in [2.05, 4.69) is 193 Å². The third-order valence-corrected chi connectivity index (χ3v) is 10.5. The van der Waals surface area contributed by atoms with Crippen LogP contribution in [0.5, 0.6) is 0 Å². The number of hydrogen-bond donors (Lipinski definition) is 0. The molecule has 10 rings (SSSR count). The Labute approximate surface area is 291 Å². The van der Waals surface area contributed by atoms with Crippen molar-refractivity contribution in [2.45, 2.75) is 6.92 Å². The topological polar surface area (TPSA) is 4.93 Å². The van der Waals surface area contributed by atoms with Gasteiger partial charge < -0.3 is 4.57 Å². The van der Waals surface area contributed by atoms with Crippen LogP contribution in [0.2, 0.25) is 0 Å². The Morgan fingerprint density at radius 2 is 0.820 bits per heavy atom. The molecule has 1 nitrogen and oxygen atoms in total. The van der Waals surface area contributed by atoms with Gasteiger partial charge in [0.25, 0.3) is 0 Å². The lowest BCUT2D eigenvalue weighted by Crippen LogP contribution is -1.95. The van der Waals surface area contributed by atoms with Crippen LogP contribution >= 0.6 is 0 Å². The largest absolute Gasteiger partial charge is 0.309 e. The number of para-hydroxylation sites is 1. The zero-order valence-corrected chi connectivity index (χ0v) is 27.8. The zero-order valence-electron chi connectivity index (χ0n) is 27.8. The highest BCUT2D eigenvalue weighted by Crippen LogP contribution is 2.44. The molecule has 10 aromatic rings. The predicted molar refractivity (Wildman–Crippen MR) is 214 cm³/mol. The van der Waals surface area contributed by atoms with Gasteiger partial charge in [-0.1, -0.05) is 157 Å². The van der Waals surface area contributed by atoms with Crippen molar-refractivity contribution in [1.82, 2.24) is 4.57 Å². The summed E-state index contributed by atoms with van der Waals surface area (Å²) < 4.78 is 2.41. The van der Waals surface area contributed by atoms with Crippen molar-refractivity contribution in [3.05, 3.63) is 188 Å². The van der Waals surface area contributed by atoms with Crippen molar-refractivity contribution in [3.63, 3.8) is 0 Å². The highest BCUT2D eigenvalue weighted by Gasteiger charge is 2.18. The van der Waals surface area contributed by atoms with E-state index in [0.29, 0.717) is 0 Å². The molecule has 0 saturated carbocycles. The maximum absolute atomic E-state index is 2.41. The smallest absolute Gasteiger partial charge is 0.0541 e. The number of hydrogen-bond acceptors (Lipinski definition) is 0. The first kappa shape index (κ1) is 28.6. The van der Waals surface area contributed by atoms with Crippen molar-refractivity contribution in [2.24, 2.45) is 0 Å². The van der Waals surface area contributed by atoms with Crippen molar-refractivity contribution in [3.8, 4) is 39.1 Å². The quantitative estimate of drug-likeness (QED) is 0.170. The molecule has 0 radical (unpaired) electrons. The minimum Gasteiger partial charge on any atom is -0.309 e. The van der Waals surface area contributed by atoms with E-state index in [-0.39, 0.29) is 0 Å². The summed E-state index contributed by atoms with van der Waals surface area (Å²) in [6.45, 7) is 2.15. The van der Waals surface area contributed by atoms with Crippen LogP contribution < -0.4 is 0 Å². The monoisotopic (exact) mass is 635 g/mol. The molecular formula is C49H33N. The molecule has 0 saturated heterocycles. The molecule has 0 aliphatic heterocycles. The molecule has 0 spiro atoms. The van der Waals surface area contributed by atoms with E-state index in [1.54, 1.807) is 0 Å². The van der Waals surface area contributed by atoms with E-state index in [1.165, 1.54) is 93.1 Å². The summed E-state index contributed by atoms with van der Waals surface area (Å²) in [6.07, 6.45) is 0. The molecule has 0 atom stereocenters. The van der Waals surface area contributed by atoms with Crippen molar-refractivity contribution >= 4 is 54.1 Å². The van der Waals surface area contributed by atoms with Gasteiger partial charge in [-0.05, 0) is 103 Å². The molecule has 9 aromatic carbocycles. The molecule has 0 unspecified atom stereocenters. The Bertz CT molecular complexity index is 2840. The standard InChI is InChI=1S/C49H33N/c1-32-21-23-34(24-22-32)48-41-15-4-6-17-43(41)49(44-18-7-5-16-42(44)48)35-25-28-37(29-26-35)50-46-20-9-8-14-40(46)45-31-36(27-30-47(45)50)39-19-10-12-33-11-2-3-13-38(33)39/h2-31H,1H3. The van der Waals surface area contributed by atoms with E-state index in [0.717, 1.165) is 5.69 Å². The summed E-state index contributed by atoms with van der Waals surface area (Å²) in [4.78, 5) is 0. The Balaban J connectivity index is 1.15. The summed E-state index contributed by atoms with van der Waals surface area (Å²) in [5.41, 5.74) is 12.4. The molecule has 0 N–H and O–H groups in total. The predicted octanol–water partition coefficient (Wildman–Crippen LogP) is 13.6. The Hall–Kier alpha value is -6.44. The fourth-order valence-corrected chi connectivity index (χ4v) is 8.14. The van der Waals surface area contributed by atoms with Crippen LogP contribution in [0, 0.1) is 6.92 Å². The summed E-state index contributed by atoms with van der Waals surface area (Å²) >= 11 is 0. The molecule has 234 valence electrons. The van der Waals surface area contributed by atoms with Crippen LogP contribution in [-0.2, 0) is 0 Å². The first-order valence-corrected chi connectivity index (χ1v) is 17.4. The highest BCUT2D eigenvalue weighted by molar-refractivity contribution is 6.21. The van der Waals surface area contributed by atoms with Crippen molar-refractivity contribution in [2.75, 3.05) is 0 Å². The van der Waals surface area contributed by atoms with Gasteiger partial charge in [-0.2, -0.15) is 0 Å². The Morgan fingerprint density at radius 1 is 0.340 bits per heavy atom.